The maximum atomic E-state index is 9.41. The Balaban J connectivity index is 1.56. The quantitative estimate of drug-likeness (QED) is 0.500. The Morgan fingerprint density at radius 2 is 1.68 bits per heavy atom. The summed E-state index contributed by atoms with van der Waals surface area (Å²) in [4.78, 5) is 2.39. The van der Waals surface area contributed by atoms with E-state index in [9.17, 15) is 5.11 Å². The smallest absolute Gasteiger partial charge is 0.119 e. The molecule has 1 aromatic carbocycles. The fraction of sp³-hybridized carbons (Fsp3) is 0.727. The molecular weight excluding hydrogens is 310 g/mol. The Kier molecular flexibility index (Phi) is 9.98. The Labute approximate surface area is 154 Å². The lowest BCUT2D eigenvalue weighted by Gasteiger charge is -2.22. The fourth-order valence-corrected chi connectivity index (χ4v) is 3.66. The summed E-state index contributed by atoms with van der Waals surface area (Å²) in [5.74, 6) is 0.979. The van der Waals surface area contributed by atoms with Crippen molar-refractivity contribution in [2.24, 2.45) is 0 Å². The SMILES string of the molecule is CCCCCCCCCCOc1ccc(CN2CCC[C@@H]2CO)cc1. The first-order valence-corrected chi connectivity index (χ1v) is 10.4. The van der Waals surface area contributed by atoms with Crippen molar-refractivity contribution in [3.05, 3.63) is 29.8 Å². The number of rotatable bonds is 13. The molecule has 0 amide bonds. The molecule has 1 N–H and O–H groups in total. The Morgan fingerprint density at radius 1 is 1.00 bits per heavy atom. The van der Waals surface area contributed by atoms with Gasteiger partial charge in [0.1, 0.15) is 5.75 Å². The molecule has 0 spiro atoms. The van der Waals surface area contributed by atoms with Crippen LogP contribution in [0.5, 0.6) is 5.75 Å². The first-order chi connectivity index (χ1) is 12.3. The van der Waals surface area contributed by atoms with Crippen LogP contribution in [0, 0.1) is 0 Å². The third kappa shape index (κ3) is 7.79. The number of nitrogens with zero attached hydrogens (tertiary/aromatic N) is 1. The van der Waals surface area contributed by atoms with Crippen LogP contribution in [0.15, 0.2) is 24.3 Å². The van der Waals surface area contributed by atoms with Crippen LogP contribution >= 0.6 is 0 Å². The summed E-state index contributed by atoms with van der Waals surface area (Å²) in [6.45, 7) is 5.40. The van der Waals surface area contributed by atoms with E-state index in [0.717, 1.165) is 38.3 Å². The van der Waals surface area contributed by atoms with Crippen LogP contribution in [0.2, 0.25) is 0 Å². The first-order valence-electron chi connectivity index (χ1n) is 10.4. The summed E-state index contributed by atoms with van der Waals surface area (Å²) >= 11 is 0. The van der Waals surface area contributed by atoms with Crippen molar-refractivity contribution in [2.75, 3.05) is 19.8 Å². The predicted octanol–water partition coefficient (Wildman–Crippen LogP) is 5.16. The van der Waals surface area contributed by atoms with E-state index < -0.39 is 0 Å². The Hall–Kier alpha value is -1.06. The van der Waals surface area contributed by atoms with Crippen LogP contribution in [0.3, 0.4) is 0 Å². The fourth-order valence-electron chi connectivity index (χ4n) is 3.66. The third-order valence-corrected chi connectivity index (χ3v) is 5.29. The highest BCUT2D eigenvalue weighted by Gasteiger charge is 2.23. The van der Waals surface area contributed by atoms with E-state index in [0.29, 0.717) is 6.04 Å². The van der Waals surface area contributed by atoms with Crippen molar-refractivity contribution >= 4 is 0 Å². The molecular formula is C22H37NO2. The second-order valence-electron chi connectivity index (χ2n) is 7.42. The van der Waals surface area contributed by atoms with Gasteiger partial charge in [-0.1, -0.05) is 64.0 Å². The predicted molar refractivity (Wildman–Crippen MR) is 105 cm³/mol. The van der Waals surface area contributed by atoms with Gasteiger partial charge in [0.15, 0.2) is 0 Å². The molecule has 0 bridgehead atoms. The van der Waals surface area contributed by atoms with Gasteiger partial charge in [-0.2, -0.15) is 0 Å². The number of aliphatic hydroxyl groups is 1. The summed E-state index contributed by atoms with van der Waals surface area (Å²) in [6.07, 6.45) is 13.0. The van der Waals surface area contributed by atoms with Gasteiger partial charge in [-0.25, -0.2) is 0 Å². The molecule has 2 rings (SSSR count). The van der Waals surface area contributed by atoms with Crippen LogP contribution in [0.1, 0.15) is 76.7 Å². The number of aliphatic hydroxyl groups excluding tert-OH is 1. The number of unbranched alkanes of at least 4 members (excludes halogenated alkanes) is 7. The molecule has 1 saturated heterocycles. The maximum Gasteiger partial charge on any atom is 0.119 e. The molecule has 1 aliphatic rings. The van der Waals surface area contributed by atoms with Gasteiger partial charge in [0.05, 0.1) is 13.2 Å². The first kappa shape index (κ1) is 20.3. The number of benzene rings is 1. The molecule has 0 unspecified atom stereocenters. The lowest BCUT2D eigenvalue weighted by Crippen LogP contribution is -2.31. The van der Waals surface area contributed by atoms with E-state index in [1.54, 1.807) is 0 Å². The molecule has 0 aromatic heterocycles. The zero-order valence-corrected chi connectivity index (χ0v) is 16.1. The molecule has 142 valence electrons. The summed E-state index contributed by atoms with van der Waals surface area (Å²) in [7, 11) is 0. The molecule has 3 heteroatoms. The van der Waals surface area contributed by atoms with E-state index >= 15 is 0 Å². The number of ether oxygens (including phenoxy) is 1. The van der Waals surface area contributed by atoms with E-state index in [2.05, 4.69) is 36.1 Å². The average Bonchev–Trinajstić information content (AvgIpc) is 3.09. The number of hydrogen-bond acceptors (Lipinski definition) is 3. The van der Waals surface area contributed by atoms with Gasteiger partial charge in [0, 0.05) is 12.6 Å². The molecule has 3 nitrogen and oxygen atoms in total. The minimum atomic E-state index is 0.278. The van der Waals surface area contributed by atoms with Crippen LogP contribution in [0.4, 0.5) is 0 Å². The lowest BCUT2D eigenvalue weighted by molar-refractivity contribution is 0.153. The molecule has 1 heterocycles. The van der Waals surface area contributed by atoms with Gasteiger partial charge in [-0.05, 0) is 43.5 Å². The van der Waals surface area contributed by atoms with Crippen molar-refractivity contribution in [3.63, 3.8) is 0 Å². The highest BCUT2D eigenvalue weighted by atomic mass is 16.5. The molecule has 1 aliphatic heterocycles. The molecule has 0 saturated carbocycles. The van der Waals surface area contributed by atoms with E-state index in [4.69, 9.17) is 4.74 Å². The van der Waals surface area contributed by atoms with Crippen molar-refractivity contribution in [1.29, 1.82) is 0 Å². The van der Waals surface area contributed by atoms with Crippen LogP contribution in [0.25, 0.3) is 0 Å². The molecule has 1 atom stereocenters. The number of hydrogen-bond donors (Lipinski definition) is 1. The monoisotopic (exact) mass is 347 g/mol. The van der Waals surface area contributed by atoms with Crippen LogP contribution in [-0.4, -0.2) is 35.8 Å². The summed E-state index contributed by atoms with van der Waals surface area (Å²) in [5, 5.41) is 9.41. The minimum Gasteiger partial charge on any atom is -0.494 e. The summed E-state index contributed by atoms with van der Waals surface area (Å²) < 4.78 is 5.86. The van der Waals surface area contributed by atoms with E-state index in [-0.39, 0.29) is 6.61 Å². The van der Waals surface area contributed by atoms with Crippen molar-refractivity contribution in [1.82, 2.24) is 4.90 Å². The van der Waals surface area contributed by atoms with Gasteiger partial charge in [-0.3, -0.25) is 4.90 Å². The average molecular weight is 348 g/mol. The molecule has 0 radical (unpaired) electrons. The van der Waals surface area contributed by atoms with Gasteiger partial charge < -0.3 is 9.84 Å². The second-order valence-corrected chi connectivity index (χ2v) is 7.42. The normalized spacial score (nSPS) is 17.9. The molecule has 25 heavy (non-hydrogen) atoms. The Morgan fingerprint density at radius 3 is 2.36 bits per heavy atom. The zero-order valence-electron chi connectivity index (χ0n) is 16.1. The summed E-state index contributed by atoms with van der Waals surface area (Å²) in [5.41, 5.74) is 1.31. The van der Waals surface area contributed by atoms with Gasteiger partial charge in [0.25, 0.3) is 0 Å². The highest BCUT2D eigenvalue weighted by molar-refractivity contribution is 5.27. The van der Waals surface area contributed by atoms with E-state index in [1.807, 2.05) is 0 Å². The highest BCUT2D eigenvalue weighted by Crippen LogP contribution is 2.21. The van der Waals surface area contributed by atoms with Crippen molar-refractivity contribution in [3.8, 4) is 5.75 Å². The third-order valence-electron chi connectivity index (χ3n) is 5.29. The zero-order chi connectivity index (χ0) is 17.7. The summed E-state index contributed by atoms with van der Waals surface area (Å²) in [6, 6.07) is 8.85. The molecule has 1 fully saturated rings. The van der Waals surface area contributed by atoms with E-state index in [1.165, 1.54) is 56.9 Å². The largest absolute Gasteiger partial charge is 0.494 e. The maximum absolute atomic E-state index is 9.41. The van der Waals surface area contributed by atoms with Crippen molar-refractivity contribution < 1.29 is 9.84 Å². The van der Waals surface area contributed by atoms with Crippen LogP contribution in [-0.2, 0) is 6.54 Å². The van der Waals surface area contributed by atoms with Crippen LogP contribution < -0.4 is 4.74 Å². The van der Waals surface area contributed by atoms with Gasteiger partial charge in [-0.15, -0.1) is 0 Å². The topological polar surface area (TPSA) is 32.7 Å². The minimum absolute atomic E-state index is 0.278. The van der Waals surface area contributed by atoms with Crippen molar-refractivity contribution in [2.45, 2.75) is 83.7 Å². The molecule has 0 aliphatic carbocycles. The van der Waals surface area contributed by atoms with Gasteiger partial charge >= 0.3 is 0 Å². The lowest BCUT2D eigenvalue weighted by atomic mass is 10.1. The molecule has 1 aromatic rings. The Bertz CT molecular complexity index is 446. The van der Waals surface area contributed by atoms with Gasteiger partial charge in [0.2, 0.25) is 0 Å². The standard InChI is InChI=1S/C22H37NO2/c1-2-3-4-5-6-7-8-9-17-25-22-14-12-20(13-15-22)18-23-16-10-11-21(23)19-24/h12-15,21,24H,2-11,16-19H2,1H3/t21-/m1/s1. The second kappa shape index (κ2) is 12.3. The number of likely N-dealkylation sites (tertiary alicyclic amines) is 1.